The zero-order valence-electron chi connectivity index (χ0n) is 24.9. The van der Waals surface area contributed by atoms with Crippen molar-refractivity contribution in [1.29, 1.82) is 0 Å². The third kappa shape index (κ3) is 6.66. The van der Waals surface area contributed by atoms with Gasteiger partial charge in [-0.25, -0.2) is 32.0 Å². The van der Waals surface area contributed by atoms with E-state index in [0.29, 0.717) is 0 Å². The summed E-state index contributed by atoms with van der Waals surface area (Å²) >= 11 is 0. The van der Waals surface area contributed by atoms with Crippen molar-refractivity contribution in [2.75, 3.05) is 43.6 Å². The minimum atomic E-state index is -4.42. The molecule has 4 rings (SSSR count). The molecule has 1 atom stereocenters. The zero-order valence-corrected chi connectivity index (χ0v) is 25.8. The molecule has 0 saturated carbocycles. The van der Waals surface area contributed by atoms with Crippen LogP contribution >= 0.6 is 0 Å². The molecule has 2 amide bonds. The third-order valence-corrected chi connectivity index (χ3v) is 9.29. The summed E-state index contributed by atoms with van der Waals surface area (Å²) in [5.74, 6) is -4.15. The number of urea groups is 1. The molecular formula is C31H33FN4O8S. The van der Waals surface area contributed by atoms with Crippen LogP contribution in [-0.2, 0) is 34.6 Å². The molecule has 1 aliphatic heterocycles. The van der Waals surface area contributed by atoms with E-state index >= 15 is 4.39 Å². The van der Waals surface area contributed by atoms with Crippen molar-refractivity contribution in [3.05, 3.63) is 89.7 Å². The van der Waals surface area contributed by atoms with Gasteiger partial charge in [0.1, 0.15) is 12.4 Å². The summed E-state index contributed by atoms with van der Waals surface area (Å²) in [4.78, 5) is 54.0. The molecular weight excluding hydrogens is 607 g/mol. The van der Waals surface area contributed by atoms with Gasteiger partial charge in [0.25, 0.3) is 0 Å². The molecule has 1 saturated heterocycles. The van der Waals surface area contributed by atoms with E-state index in [-0.39, 0.29) is 47.7 Å². The van der Waals surface area contributed by atoms with E-state index < -0.39 is 51.9 Å². The Morgan fingerprint density at radius 3 is 2.29 bits per heavy atom. The number of benzene rings is 3. The van der Waals surface area contributed by atoms with Gasteiger partial charge in [-0.05, 0) is 68.3 Å². The highest BCUT2D eigenvalue weighted by Crippen LogP contribution is 2.44. The van der Waals surface area contributed by atoms with Gasteiger partial charge in [0.2, 0.25) is 10.0 Å². The Morgan fingerprint density at radius 2 is 1.67 bits per heavy atom. The normalized spacial score (nSPS) is 16.5. The van der Waals surface area contributed by atoms with Gasteiger partial charge in [0, 0.05) is 37.6 Å². The Bertz CT molecular complexity index is 1710. The number of halogens is 1. The molecule has 0 spiro atoms. The van der Waals surface area contributed by atoms with E-state index in [2.05, 4.69) is 0 Å². The minimum absolute atomic E-state index is 0.0347. The van der Waals surface area contributed by atoms with Crippen molar-refractivity contribution in [1.82, 2.24) is 4.31 Å². The highest BCUT2D eigenvalue weighted by atomic mass is 32.2. The number of hydrogen-bond donors (Lipinski definition) is 1. The molecule has 0 aliphatic carbocycles. The van der Waals surface area contributed by atoms with Crippen molar-refractivity contribution in [2.45, 2.75) is 30.2 Å². The lowest BCUT2D eigenvalue weighted by Crippen LogP contribution is -2.53. The lowest BCUT2D eigenvalue weighted by molar-refractivity contribution is -0.166. The Hall–Kier alpha value is -4.82. The number of carbonyl (C=O) groups excluding carboxylic acids is 4. The molecule has 1 heterocycles. The van der Waals surface area contributed by atoms with Crippen LogP contribution in [0.15, 0.2) is 77.7 Å². The van der Waals surface area contributed by atoms with Crippen LogP contribution in [0, 0.1) is 5.82 Å². The van der Waals surface area contributed by atoms with Gasteiger partial charge in [-0.2, -0.15) is 4.31 Å². The molecule has 45 heavy (non-hydrogen) atoms. The van der Waals surface area contributed by atoms with Crippen molar-refractivity contribution >= 4 is 45.3 Å². The molecule has 14 heteroatoms. The highest BCUT2D eigenvalue weighted by Gasteiger charge is 2.57. The van der Waals surface area contributed by atoms with Gasteiger partial charge >= 0.3 is 23.9 Å². The van der Waals surface area contributed by atoms with Gasteiger partial charge in [0.15, 0.2) is 5.54 Å². The number of nitrogens with zero attached hydrogens (tertiary/aromatic N) is 3. The number of anilines is 2. The average molecular weight is 641 g/mol. The maximum Gasteiger partial charge on any atom is 0.340 e. The van der Waals surface area contributed by atoms with Gasteiger partial charge in [-0.1, -0.05) is 24.3 Å². The number of esters is 3. The Kier molecular flexibility index (Phi) is 9.88. The van der Waals surface area contributed by atoms with Crippen molar-refractivity contribution in [3.63, 3.8) is 0 Å². The highest BCUT2D eigenvalue weighted by molar-refractivity contribution is 7.89. The maximum absolute atomic E-state index is 15.4. The van der Waals surface area contributed by atoms with Crippen LogP contribution in [0.1, 0.15) is 35.7 Å². The number of amides is 2. The summed E-state index contributed by atoms with van der Waals surface area (Å²) in [6.45, 7) is 0.688. The van der Waals surface area contributed by atoms with Crippen molar-refractivity contribution < 1.29 is 41.5 Å². The number of carbonyl (C=O) groups is 4. The van der Waals surface area contributed by atoms with E-state index in [9.17, 15) is 27.6 Å². The minimum Gasteiger partial charge on any atom is -0.462 e. The van der Waals surface area contributed by atoms with Crippen LogP contribution in [0.4, 0.5) is 20.6 Å². The third-order valence-electron chi connectivity index (χ3n) is 7.35. The molecule has 0 aromatic heterocycles. The summed E-state index contributed by atoms with van der Waals surface area (Å²) in [5, 5.41) is 0. The molecule has 3 aromatic carbocycles. The van der Waals surface area contributed by atoms with E-state index in [1.54, 1.807) is 38.1 Å². The number of sulfonamides is 1. The van der Waals surface area contributed by atoms with Crippen molar-refractivity contribution in [2.24, 2.45) is 5.73 Å². The summed E-state index contributed by atoms with van der Waals surface area (Å²) in [7, 11) is -0.847. The molecule has 1 unspecified atom stereocenters. The molecule has 0 radical (unpaired) electrons. The number of nitrogens with two attached hydrogens (primary N) is 1. The number of ether oxygens (including phenoxy) is 2. The predicted molar refractivity (Wildman–Crippen MR) is 162 cm³/mol. The van der Waals surface area contributed by atoms with Gasteiger partial charge < -0.3 is 20.1 Å². The van der Waals surface area contributed by atoms with Crippen LogP contribution in [0.25, 0.3) is 0 Å². The van der Waals surface area contributed by atoms with Gasteiger partial charge in [0.05, 0.1) is 17.1 Å². The summed E-state index contributed by atoms with van der Waals surface area (Å²) in [5.41, 5.74) is 3.82. The smallest absolute Gasteiger partial charge is 0.340 e. The van der Waals surface area contributed by atoms with Crippen LogP contribution in [-0.4, -0.2) is 70.5 Å². The second-order valence-electron chi connectivity index (χ2n) is 10.4. The topological polar surface area (TPSA) is 157 Å². The first-order valence-electron chi connectivity index (χ1n) is 14.0. The van der Waals surface area contributed by atoms with E-state index in [1.165, 1.54) is 54.6 Å². The van der Waals surface area contributed by atoms with Gasteiger partial charge in [-0.15, -0.1) is 0 Å². The fourth-order valence-corrected chi connectivity index (χ4v) is 6.98. The second-order valence-corrected chi connectivity index (χ2v) is 12.2. The molecule has 2 N–H and O–H groups in total. The van der Waals surface area contributed by atoms with Crippen LogP contribution < -0.4 is 15.5 Å². The lowest BCUT2D eigenvalue weighted by atomic mass is 9.88. The molecule has 3 aromatic rings. The maximum atomic E-state index is 15.4. The summed E-state index contributed by atoms with van der Waals surface area (Å²) in [6, 6.07) is 15.5. The first kappa shape index (κ1) is 33.1. The summed E-state index contributed by atoms with van der Waals surface area (Å²) in [6.07, 6.45) is -0.0309. The van der Waals surface area contributed by atoms with Gasteiger partial charge in [-0.3, -0.25) is 4.90 Å². The quantitative estimate of drug-likeness (QED) is 0.259. The van der Waals surface area contributed by atoms with E-state index in [4.69, 9.17) is 15.2 Å². The first-order chi connectivity index (χ1) is 21.3. The molecule has 238 valence electrons. The number of hydrogen-bond acceptors (Lipinski definition) is 9. The Morgan fingerprint density at radius 1 is 0.978 bits per heavy atom. The molecule has 0 bridgehead atoms. The molecule has 1 fully saturated rings. The Labute approximate surface area is 260 Å². The predicted octanol–water partition coefficient (Wildman–Crippen LogP) is 3.40. The average Bonchev–Trinajstić information content (AvgIpc) is 3.47. The first-order valence-corrected chi connectivity index (χ1v) is 15.4. The van der Waals surface area contributed by atoms with Crippen LogP contribution in [0.3, 0.4) is 0 Å². The number of rotatable bonds is 10. The Balaban J connectivity index is 1.69. The standard InChI is InChI=1S/C31H33FN4O8S/c1-4-43-28(38)21-9-7-10-23(19-21)35(30(33)40)20-27(37)44-29(39)31(25-11-5-6-12-26(25)32)17-8-18-36(31)45(41,42)24-15-13-22(14-16-24)34(2)3/h5-7,9-16,19H,4,8,17-18,20H2,1-3H3,(H2,33,40). The van der Waals surface area contributed by atoms with Crippen LogP contribution in [0.5, 0.6) is 0 Å². The SMILES string of the molecule is CCOC(=O)c1cccc(N(CC(=O)OC(=O)C2(c3ccccc3F)CCCN2S(=O)(=O)c2ccc(N(C)C)cc2)C(N)=O)c1. The fourth-order valence-electron chi connectivity index (χ4n) is 5.20. The van der Waals surface area contributed by atoms with E-state index in [0.717, 1.165) is 21.0 Å². The molecule has 1 aliphatic rings. The number of primary amides is 1. The van der Waals surface area contributed by atoms with Crippen molar-refractivity contribution in [3.8, 4) is 0 Å². The zero-order chi connectivity index (χ0) is 32.9. The lowest BCUT2D eigenvalue weighted by Gasteiger charge is -2.35. The monoisotopic (exact) mass is 640 g/mol. The van der Waals surface area contributed by atoms with E-state index in [1.807, 2.05) is 0 Å². The molecule has 12 nitrogen and oxygen atoms in total. The summed E-state index contributed by atoms with van der Waals surface area (Å²) < 4.78 is 54.3. The van der Waals surface area contributed by atoms with Crippen LogP contribution in [0.2, 0.25) is 0 Å². The second kappa shape index (κ2) is 13.4. The fraction of sp³-hybridized carbons (Fsp3) is 0.290. The largest absolute Gasteiger partial charge is 0.462 e.